The van der Waals surface area contributed by atoms with E-state index in [0.29, 0.717) is 45.1 Å². The average molecular weight is 401 g/mol. The summed E-state index contributed by atoms with van der Waals surface area (Å²) >= 11 is 0. The summed E-state index contributed by atoms with van der Waals surface area (Å²) in [6, 6.07) is 4.77. The zero-order chi connectivity index (χ0) is 19.9. The first-order valence-electron chi connectivity index (χ1n) is 9.42. The molecule has 1 aliphatic rings. The maximum atomic E-state index is 13.1. The Hall–Kier alpha value is -1.51. The molecule has 0 bridgehead atoms. The van der Waals surface area contributed by atoms with E-state index in [9.17, 15) is 17.6 Å². The number of ether oxygens (including phenoxy) is 1. The molecule has 1 heterocycles. The second kappa shape index (κ2) is 10.1. The number of amides is 1. The predicted octanol–water partition coefficient (Wildman–Crippen LogP) is 2.41. The van der Waals surface area contributed by atoms with Crippen LogP contribution in [0.5, 0.6) is 0 Å². The molecule has 6 nitrogen and oxygen atoms in total. The van der Waals surface area contributed by atoms with Crippen molar-refractivity contribution >= 4 is 15.9 Å². The number of benzene rings is 1. The lowest BCUT2D eigenvalue weighted by Crippen LogP contribution is -2.45. The number of rotatable bonds is 9. The van der Waals surface area contributed by atoms with Crippen LogP contribution >= 0.6 is 0 Å². The van der Waals surface area contributed by atoms with E-state index in [2.05, 4.69) is 19.2 Å². The molecule has 1 aromatic carbocycles. The molecule has 1 aliphatic heterocycles. The van der Waals surface area contributed by atoms with Crippen molar-refractivity contribution in [3.8, 4) is 0 Å². The van der Waals surface area contributed by atoms with Gasteiger partial charge in [-0.25, -0.2) is 12.8 Å². The van der Waals surface area contributed by atoms with Gasteiger partial charge < -0.3 is 10.1 Å². The Morgan fingerprint density at radius 1 is 1.33 bits per heavy atom. The summed E-state index contributed by atoms with van der Waals surface area (Å²) in [5, 5.41) is 2.87. The van der Waals surface area contributed by atoms with Crippen molar-refractivity contribution in [2.24, 2.45) is 11.8 Å². The van der Waals surface area contributed by atoms with Gasteiger partial charge in [-0.2, -0.15) is 4.31 Å². The molecule has 1 amide bonds. The summed E-state index contributed by atoms with van der Waals surface area (Å²) in [6.45, 7) is 6.48. The van der Waals surface area contributed by atoms with Crippen molar-refractivity contribution in [1.29, 1.82) is 0 Å². The minimum absolute atomic E-state index is 0.0484. The van der Waals surface area contributed by atoms with Crippen LogP contribution < -0.4 is 5.32 Å². The quantitative estimate of drug-likeness (QED) is 0.646. The van der Waals surface area contributed by atoms with Crippen molar-refractivity contribution < 1.29 is 22.3 Å². The number of carbonyl (C=O) groups excluding carboxylic acids is 1. The molecule has 152 valence electrons. The molecule has 1 saturated heterocycles. The van der Waals surface area contributed by atoms with Crippen molar-refractivity contribution in [2.45, 2.75) is 38.0 Å². The zero-order valence-electron chi connectivity index (χ0n) is 16.0. The van der Waals surface area contributed by atoms with Gasteiger partial charge >= 0.3 is 0 Å². The third-order valence-electron chi connectivity index (χ3n) is 4.42. The van der Waals surface area contributed by atoms with Gasteiger partial charge in [0.05, 0.1) is 10.8 Å². The van der Waals surface area contributed by atoms with Crippen LogP contribution in [0.25, 0.3) is 0 Å². The minimum Gasteiger partial charge on any atom is -0.381 e. The van der Waals surface area contributed by atoms with Crippen molar-refractivity contribution in [3.05, 3.63) is 30.1 Å². The van der Waals surface area contributed by atoms with Crippen LogP contribution in [0.1, 0.15) is 33.1 Å². The fourth-order valence-electron chi connectivity index (χ4n) is 2.98. The molecule has 0 aromatic heterocycles. The molecular formula is C19H29FN2O4S. The number of nitrogens with one attached hydrogen (secondary N) is 1. The van der Waals surface area contributed by atoms with Gasteiger partial charge in [0.25, 0.3) is 0 Å². The Morgan fingerprint density at radius 2 is 2.04 bits per heavy atom. The van der Waals surface area contributed by atoms with Crippen LogP contribution in [-0.4, -0.2) is 51.5 Å². The third kappa shape index (κ3) is 6.55. The molecule has 0 aliphatic carbocycles. The molecule has 1 N–H and O–H groups in total. The molecule has 1 unspecified atom stereocenters. The fraction of sp³-hybridized carbons (Fsp3) is 0.632. The Morgan fingerprint density at radius 3 is 2.70 bits per heavy atom. The van der Waals surface area contributed by atoms with Gasteiger partial charge in [0.2, 0.25) is 15.9 Å². The number of hydrogen-bond acceptors (Lipinski definition) is 4. The Balaban J connectivity index is 1.84. The van der Waals surface area contributed by atoms with Crippen molar-refractivity contribution in [3.63, 3.8) is 0 Å². The van der Waals surface area contributed by atoms with E-state index in [4.69, 9.17) is 4.74 Å². The molecule has 2 rings (SSSR count). The largest absolute Gasteiger partial charge is 0.381 e. The highest BCUT2D eigenvalue weighted by Crippen LogP contribution is 2.24. The Kier molecular flexibility index (Phi) is 8.19. The first-order valence-corrected chi connectivity index (χ1v) is 10.9. The van der Waals surface area contributed by atoms with Crippen LogP contribution in [0.4, 0.5) is 4.39 Å². The summed E-state index contributed by atoms with van der Waals surface area (Å²) < 4.78 is 45.3. The number of halogens is 1. The Labute approximate surface area is 161 Å². The highest BCUT2D eigenvalue weighted by Gasteiger charge is 2.33. The maximum absolute atomic E-state index is 13.1. The van der Waals surface area contributed by atoms with E-state index in [-0.39, 0.29) is 23.3 Å². The average Bonchev–Trinajstić information content (AvgIpc) is 2.64. The van der Waals surface area contributed by atoms with Gasteiger partial charge in [-0.05, 0) is 49.4 Å². The lowest BCUT2D eigenvalue weighted by atomic mass is 9.99. The van der Waals surface area contributed by atoms with E-state index in [1.165, 1.54) is 16.4 Å². The van der Waals surface area contributed by atoms with E-state index >= 15 is 0 Å². The third-order valence-corrected chi connectivity index (χ3v) is 6.30. The summed E-state index contributed by atoms with van der Waals surface area (Å²) in [7, 11) is -3.72. The molecule has 0 saturated carbocycles. The molecule has 8 heteroatoms. The van der Waals surface area contributed by atoms with E-state index in [0.717, 1.165) is 18.6 Å². The summed E-state index contributed by atoms with van der Waals surface area (Å²) in [6.07, 6.45) is 2.00. The van der Waals surface area contributed by atoms with Crippen LogP contribution in [0.15, 0.2) is 29.2 Å². The van der Waals surface area contributed by atoms with Gasteiger partial charge in [-0.1, -0.05) is 13.8 Å². The number of carbonyl (C=O) groups is 1. The minimum atomic E-state index is -3.72. The van der Waals surface area contributed by atoms with Crippen LogP contribution in [0.2, 0.25) is 0 Å². The van der Waals surface area contributed by atoms with Gasteiger partial charge in [0, 0.05) is 32.8 Å². The van der Waals surface area contributed by atoms with E-state index in [1.54, 1.807) is 0 Å². The normalized spacial score (nSPS) is 18.6. The smallest absolute Gasteiger partial charge is 0.243 e. The van der Waals surface area contributed by atoms with Crippen LogP contribution in [0, 0.1) is 17.7 Å². The molecule has 27 heavy (non-hydrogen) atoms. The first kappa shape index (κ1) is 21.8. The standard InChI is InChI=1S/C19H29FN2O4S/c1-15(2)14-26-12-4-10-21-19(23)16-5-3-11-22(13-16)27(24,25)18-8-6-17(20)7-9-18/h6-9,15-16H,3-5,10-14H2,1-2H3,(H,21,23). The zero-order valence-corrected chi connectivity index (χ0v) is 16.8. The monoisotopic (exact) mass is 400 g/mol. The summed E-state index contributed by atoms with van der Waals surface area (Å²) in [5.41, 5.74) is 0. The van der Waals surface area contributed by atoms with E-state index in [1.807, 2.05) is 0 Å². The van der Waals surface area contributed by atoms with Crippen molar-refractivity contribution in [2.75, 3.05) is 32.8 Å². The van der Waals surface area contributed by atoms with Crippen LogP contribution in [-0.2, 0) is 19.6 Å². The molecule has 0 radical (unpaired) electrons. The van der Waals surface area contributed by atoms with Crippen LogP contribution in [0.3, 0.4) is 0 Å². The number of nitrogens with zero attached hydrogens (tertiary/aromatic N) is 1. The lowest BCUT2D eigenvalue weighted by Gasteiger charge is -2.31. The topological polar surface area (TPSA) is 75.7 Å². The van der Waals surface area contributed by atoms with Gasteiger partial charge in [0.1, 0.15) is 5.82 Å². The SMILES string of the molecule is CC(C)COCCCNC(=O)C1CCCN(S(=O)(=O)c2ccc(F)cc2)C1. The van der Waals surface area contributed by atoms with E-state index < -0.39 is 15.8 Å². The second-order valence-corrected chi connectivity index (χ2v) is 9.21. The molecule has 1 aromatic rings. The molecule has 0 spiro atoms. The highest BCUT2D eigenvalue weighted by atomic mass is 32.2. The number of hydrogen-bond donors (Lipinski definition) is 1. The fourth-order valence-corrected chi connectivity index (χ4v) is 4.50. The number of sulfonamides is 1. The lowest BCUT2D eigenvalue weighted by molar-refractivity contribution is -0.126. The highest BCUT2D eigenvalue weighted by molar-refractivity contribution is 7.89. The summed E-state index contributed by atoms with van der Waals surface area (Å²) in [5.74, 6) is -0.499. The second-order valence-electron chi connectivity index (χ2n) is 7.27. The van der Waals surface area contributed by atoms with Gasteiger partial charge in [-0.3, -0.25) is 4.79 Å². The Bertz CT molecular complexity index is 707. The first-order chi connectivity index (χ1) is 12.8. The van der Waals surface area contributed by atoms with Gasteiger partial charge in [-0.15, -0.1) is 0 Å². The molecule has 1 fully saturated rings. The summed E-state index contributed by atoms with van der Waals surface area (Å²) in [4.78, 5) is 12.4. The molecular weight excluding hydrogens is 371 g/mol. The molecule has 1 atom stereocenters. The predicted molar refractivity (Wildman–Crippen MR) is 101 cm³/mol. The maximum Gasteiger partial charge on any atom is 0.243 e. The van der Waals surface area contributed by atoms with Gasteiger partial charge in [0.15, 0.2) is 0 Å². The van der Waals surface area contributed by atoms with Crippen molar-refractivity contribution in [1.82, 2.24) is 9.62 Å². The number of piperidine rings is 1.